The molecule has 1 aliphatic carbocycles. The Hall–Kier alpha value is -2.33. The Labute approximate surface area is 161 Å². The third kappa shape index (κ3) is 5.10. The molecule has 1 aliphatic rings. The van der Waals surface area contributed by atoms with E-state index in [0.717, 1.165) is 37.0 Å². The first-order valence-electron chi connectivity index (χ1n) is 9.65. The van der Waals surface area contributed by atoms with E-state index in [2.05, 4.69) is 17.4 Å². The number of rotatable bonds is 6. The first kappa shape index (κ1) is 19.4. The Morgan fingerprint density at radius 1 is 1.26 bits per heavy atom. The summed E-state index contributed by atoms with van der Waals surface area (Å²) >= 11 is 0. The van der Waals surface area contributed by atoms with Gasteiger partial charge in [0.05, 0.1) is 18.8 Å². The van der Waals surface area contributed by atoms with E-state index >= 15 is 0 Å². The fourth-order valence-electron chi connectivity index (χ4n) is 3.63. The Morgan fingerprint density at radius 3 is 2.81 bits per heavy atom. The third-order valence-corrected chi connectivity index (χ3v) is 5.18. The van der Waals surface area contributed by atoms with Gasteiger partial charge in [0.25, 0.3) is 5.91 Å². The van der Waals surface area contributed by atoms with Gasteiger partial charge in [0.1, 0.15) is 5.75 Å². The van der Waals surface area contributed by atoms with Crippen LogP contribution in [-0.4, -0.2) is 23.7 Å². The van der Waals surface area contributed by atoms with Crippen LogP contribution in [0.15, 0.2) is 42.5 Å². The average molecular weight is 367 g/mol. The minimum atomic E-state index is -0.703. The van der Waals surface area contributed by atoms with Crippen LogP contribution in [0.1, 0.15) is 66.2 Å². The van der Waals surface area contributed by atoms with Crippen molar-refractivity contribution in [2.45, 2.75) is 57.6 Å². The van der Waals surface area contributed by atoms with E-state index in [1.54, 1.807) is 21.0 Å². The third-order valence-electron chi connectivity index (χ3n) is 5.18. The maximum Gasteiger partial charge on any atom is 0.251 e. The van der Waals surface area contributed by atoms with Crippen LogP contribution in [0.2, 0.25) is 0 Å². The predicted molar refractivity (Wildman–Crippen MR) is 107 cm³/mol. The Balaban J connectivity index is 1.71. The minimum absolute atomic E-state index is 0.0344. The normalized spacial score (nSPS) is 16.5. The lowest BCUT2D eigenvalue weighted by Crippen LogP contribution is -2.31. The summed E-state index contributed by atoms with van der Waals surface area (Å²) < 4.78 is 5.32. The predicted octanol–water partition coefficient (Wildman–Crippen LogP) is 4.21. The zero-order chi connectivity index (χ0) is 19.4. The molecule has 0 bridgehead atoms. The van der Waals surface area contributed by atoms with E-state index in [4.69, 9.17) is 4.74 Å². The molecule has 0 radical (unpaired) electrons. The molecule has 0 aliphatic heterocycles. The first-order valence-corrected chi connectivity index (χ1v) is 9.65. The number of aliphatic hydroxyl groups is 1. The van der Waals surface area contributed by atoms with Crippen molar-refractivity contribution < 1.29 is 14.6 Å². The highest BCUT2D eigenvalue weighted by Gasteiger charge is 2.23. The molecule has 0 saturated carbocycles. The molecule has 2 N–H and O–H groups in total. The maximum absolute atomic E-state index is 12.8. The van der Waals surface area contributed by atoms with Gasteiger partial charge in [-0.3, -0.25) is 4.79 Å². The summed E-state index contributed by atoms with van der Waals surface area (Å²) in [6, 6.07) is 13.8. The van der Waals surface area contributed by atoms with E-state index < -0.39 is 5.60 Å². The van der Waals surface area contributed by atoms with Crippen LogP contribution < -0.4 is 10.1 Å². The lowest BCUT2D eigenvalue weighted by Gasteiger charge is -2.27. The fraction of sp³-hybridized carbons (Fsp3) is 0.435. The lowest BCUT2D eigenvalue weighted by atomic mass is 9.87. The molecule has 0 fully saturated rings. The van der Waals surface area contributed by atoms with Crippen molar-refractivity contribution >= 4 is 5.91 Å². The molecule has 2 aromatic carbocycles. The van der Waals surface area contributed by atoms with Crippen molar-refractivity contribution in [3.8, 4) is 5.75 Å². The quantitative estimate of drug-likeness (QED) is 0.804. The molecule has 144 valence electrons. The summed E-state index contributed by atoms with van der Waals surface area (Å²) in [6.07, 6.45) is 4.43. The number of fused-ring (bicyclic) bond motifs is 1. The van der Waals surface area contributed by atoms with Crippen molar-refractivity contribution in [2.24, 2.45) is 0 Å². The largest absolute Gasteiger partial charge is 0.497 e. The summed E-state index contributed by atoms with van der Waals surface area (Å²) in [5.41, 5.74) is 3.48. The number of methoxy groups -OCH3 is 1. The van der Waals surface area contributed by atoms with Crippen LogP contribution in [0.3, 0.4) is 0 Å². The molecule has 3 rings (SSSR count). The van der Waals surface area contributed by atoms with Crippen molar-refractivity contribution in [1.82, 2.24) is 5.32 Å². The zero-order valence-corrected chi connectivity index (χ0v) is 16.4. The van der Waals surface area contributed by atoms with Gasteiger partial charge in [0.2, 0.25) is 0 Å². The highest BCUT2D eigenvalue weighted by Crippen LogP contribution is 2.32. The highest BCUT2D eigenvalue weighted by atomic mass is 16.5. The lowest BCUT2D eigenvalue weighted by molar-refractivity contribution is 0.0714. The van der Waals surface area contributed by atoms with Gasteiger partial charge in [-0.25, -0.2) is 0 Å². The van der Waals surface area contributed by atoms with E-state index in [1.807, 2.05) is 30.3 Å². The number of benzene rings is 2. The molecule has 1 amide bonds. The molecular formula is C23H29NO3. The van der Waals surface area contributed by atoms with Crippen molar-refractivity contribution in [3.63, 3.8) is 0 Å². The summed E-state index contributed by atoms with van der Waals surface area (Å²) in [6.45, 7) is 3.61. The number of hydrogen-bond donors (Lipinski definition) is 2. The van der Waals surface area contributed by atoms with Gasteiger partial charge in [0.15, 0.2) is 0 Å². The molecule has 27 heavy (non-hydrogen) atoms. The molecule has 4 nitrogen and oxygen atoms in total. The second kappa shape index (κ2) is 8.13. The number of carbonyl (C=O) groups is 1. The van der Waals surface area contributed by atoms with E-state index in [9.17, 15) is 9.90 Å². The number of nitrogens with one attached hydrogen (secondary N) is 1. The van der Waals surface area contributed by atoms with Crippen molar-refractivity contribution in [2.75, 3.05) is 7.11 Å². The number of amides is 1. The number of aryl methyl sites for hydroxylation is 2. The summed E-state index contributed by atoms with van der Waals surface area (Å²) in [4.78, 5) is 12.8. The summed E-state index contributed by atoms with van der Waals surface area (Å²) in [5, 5.41) is 13.1. The molecular weight excluding hydrogens is 338 g/mol. The van der Waals surface area contributed by atoms with Gasteiger partial charge in [-0.2, -0.15) is 0 Å². The van der Waals surface area contributed by atoms with Gasteiger partial charge in [-0.15, -0.1) is 0 Å². The summed E-state index contributed by atoms with van der Waals surface area (Å²) in [7, 11) is 1.68. The number of ether oxygens (including phenoxy) is 1. The Kier molecular flexibility index (Phi) is 5.85. The molecule has 0 saturated heterocycles. The molecule has 1 atom stereocenters. The fourth-order valence-corrected chi connectivity index (χ4v) is 3.63. The summed E-state index contributed by atoms with van der Waals surface area (Å²) in [5.74, 6) is 0.814. The monoisotopic (exact) mass is 367 g/mol. The molecule has 0 heterocycles. The van der Waals surface area contributed by atoms with Gasteiger partial charge in [-0.1, -0.05) is 18.2 Å². The van der Waals surface area contributed by atoms with Gasteiger partial charge >= 0.3 is 0 Å². The van der Waals surface area contributed by atoms with Gasteiger partial charge in [0, 0.05) is 5.56 Å². The highest BCUT2D eigenvalue weighted by molar-refractivity contribution is 5.94. The smallest absolute Gasteiger partial charge is 0.251 e. The Bertz CT molecular complexity index is 808. The topological polar surface area (TPSA) is 58.6 Å². The standard InChI is InChI=1S/C23H29NO3/c1-23(2,26)13-12-16-6-4-8-18(14-16)22(25)24-21-9-5-7-17-15-19(27-3)10-11-20(17)21/h4,6,8,10-11,14-15,21,26H,5,7,9,12-13H2,1-3H3,(H,24,25)/t21-/m1/s1. The second-order valence-electron chi connectivity index (χ2n) is 8.00. The van der Waals surface area contributed by atoms with E-state index in [1.165, 1.54) is 11.1 Å². The van der Waals surface area contributed by atoms with Crippen LogP contribution in [0.5, 0.6) is 5.75 Å². The van der Waals surface area contributed by atoms with E-state index in [-0.39, 0.29) is 11.9 Å². The average Bonchev–Trinajstić information content (AvgIpc) is 2.66. The maximum atomic E-state index is 12.8. The second-order valence-corrected chi connectivity index (χ2v) is 8.00. The van der Waals surface area contributed by atoms with Crippen LogP contribution >= 0.6 is 0 Å². The van der Waals surface area contributed by atoms with Crippen LogP contribution in [0, 0.1) is 0 Å². The van der Waals surface area contributed by atoms with Crippen molar-refractivity contribution in [1.29, 1.82) is 0 Å². The molecule has 0 aromatic heterocycles. The van der Waals surface area contributed by atoms with Crippen molar-refractivity contribution in [3.05, 3.63) is 64.7 Å². The van der Waals surface area contributed by atoms with Crippen LogP contribution in [-0.2, 0) is 12.8 Å². The van der Waals surface area contributed by atoms with Crippen LogP contribution in [0.4, 0.5) is 0 Å². The molecule has 4 heteroatoms. The van der Waals surface area contributed by atoms with Gasteiger partial charge < -0.3 is 15.2 Å². The SMILES string of the molecule is COc1ccc2c(c1)CCC[C@H]2NC(=O)c1cccc(CCC(C)(C)O)c1. The number of hydrogen-bond acceptors (Lipinski definition) is 3. The molecule has 0 unspecified atom stereocenters. The van der Waals surface area contributed by atoms with Crippen LogP contribution in [0.25, 0.3) is 0 Å². The zero-order valence-electron chi connectivity index (χ0n) is 16.4. The van der Waals surface area contributed by atoms with E-state index in [0.29, 0.717) is 12.0 Å². The minimum Gasteiger partial charge on any atom is -0.497 e. The molecule has 0 spiro atoms. The Morgan fingerprint density at radius 2 is 2.07 bits per heavy atom. The number of carbonyl (C=O) groups excluding carboxylic acids is 1. The molecule has 2 aromatic rings. The van der Waals surface area contributed by atoms with Gasteiger partial charge in [-0.05, 0) is 86.9 Å². The first-order chi connectivity index (χ1) is 12.9.